The maximum absolute atomic E-state index is 14.2. The second kappa shape index (κ2) is 2.89. The van der Waals surface area contributed by atoms with Crippen molar-refractivity contribution in [2.45, 2.75) is 24.7 Å². The molecule has 1 atom stereocenters. The van der Waals surface area contributed by atoms with Gasteiger partial charge in [0.2, 0.25) is 0 Å². The zero-order chi connectivity index (χ0) is 12.4. The molecule has 2 aliphatic rings. The van der Waals surface area contributed by atoms with Crippen molar-refractivity contribution in [1.29, 1.82) is 5.26 Å². The fourth-order valence-corrected chi connectivity index (χ4v) is 3.25. The molecular weight excluding hydrogens is 227 g/mol. The Bertz CT molecular complexity index is 712. The summed E-state index contributed by atoms with van der Waals surface area (Å²) in [5.41, 5.74) is 0.124. The van der Waals surface area contributed by atoms with E-state index in [1.165, 1.54) is 6.07 Å². The molecule has 2 nitrogen and oxygen atoms in total. The highest BCUT2D eigenvalue weighted by molar-refractivity contribution is 5.83. The summed E-state index contributed by atoms with van der Waals surface area (Å²) < 4.78 is 14.2. The Kier molecular flexibility index (Phi) is 1.61. The Morgan fingerprint density at radius 3 is 2.78 bits per heavy atom. The molecule has 0 N–H and O–H groups in total. The second-order valence-electron chi connectivity index (χ2n) is 5.53. The molecule has 0 saturated heterocycles. The van der Waals surface area contributed by atoms with Gasteiger partial charge in [-0.3, -0.25) is 4.98 Å². The smallest absolute Gasteiger partial charge is 0.128 e. The van der Waals surface area contributed by atoms with Crippen LogP contribution in [0.2, 0.25) is 0 Å². The Balaban J connectivity index is 1.96. The minimum atomic E-state index is -0.561. The summed E-state index contributed by atoms with van der Waals surface area (Å²) in [4.78, 5) is 3.99. The number of hydrogen-bond acceptors (Lipinski definition) is 2. The molecule has 3 heteroatoms. The zero-order valence-corrected chi connectivity index (χ0v) is 9.78. The highest BCUT2D eigenvalue weighted by atomic mass is 19.1. The number of hydrogen-bond donors (Lipinski definition) is 0. The maximum atomic E-state index is 14.2. The number of halogens is 1. The first-order valence-electron chi connectivity index (χ1n) is 6.16. The zero-order valence-electron chi connectivity index (χ0n) is 9.78. The fraction of sp³-hybridized carbons (Fsp3) is 0.333. The molecule has 2 aromatic rings. The lowest BCUT2D eigenvalue weighted by Crippen LogP contribution is -2.10. The van der Waals surface area contributed by atoms with Gasteiger partial charge >= 0.3 is 0 Å². The molecule has 1 aromatic heterocycles. The van der Waals surface area contributed by atoms with Crippen LogP contribution in [-0.2, 0) is 5.41 Å². The quantitative estimate of drug-likeness (QED) is 0.764. The minimum Gasteiger partial charge on any atom is -0.264 e. The fourth-order valence-electron chi connectivity index (χ4n) is 3.25. The van der Waals surface area contributed by atoms with E-state index in [0.29, 0.717) is 5.56 Å². The molecule has 0 aliphatic heterocycles. The third-order valence-corrected chi connectivity index (χ3v) is 4.61. The molecule has 88 valence electrons. The molecule has 0 unspecified atom stereocenters. The molecule has 18 heavy (non-hydrogen) atoms. The number of rotatable bonds is 1. The van der Waals surface area contributed by atoms with E-state index in [2.05, 4.69) is 11.1 Å². The van der Waals surface area contributed by atoms with Crippen molar-refractivity contribution in [3.63, 3.8) is 0 Å². The summed E-state index contributed by atoms with van der Waals surface area (Å²) >= 11 is 0. The lowest BCUT2D eigenvalue weighted by Gasteiger charge is -2.11. The summed E-state index contributed by atoms with van der Waals surface area (Å²) in [6.07, 6.45) is 6.30. The van der Waals surface area contributed by atoms with Gasteiger partial charge in [0.15, 0.2) is 0 Å². The third kappa shape index (κ3) is 1.04. The van der Waals surface area contributed by atoms with Crippen LogP contribution in [-0.4, -0.2) is 4.98 Å². The molecule has 2 aliphatic carbocycles. The van der Waals surface area contributed by atoms with Crippen LogP contribution in [0.25, 0.3) is 10.8 Å². The van der Waals surface area contributed by atoms with Gasteiger partial charge in [-0.25, -0.2) is 4.39 Å². The Labute approximate surface area is 104 Å². The van der Waals surface area contributed by atoms with Gasteiger partial charge in [-0.15, -0.1) is 0 Å². The first kappa shape index (κ1) is 10.0. The Morgan fingerprint density at radius 2 is 2.11 bits per heavy atom. The number of pyridine rings is 1. The van der Waals surface area contributed by atoms with Crippen LogP contribution in [0.4, 0.5) is 4.39 Å². The molecule has 0 bridgehead atoms. The van der Waals surface area contributed by atoms with Crippen molar-refractivity contribution >= 4 is 10.8 Å². The predicted octanol–water partition coefficient (Wildman–Crippen LogP) is 3.32. The van der Waals surface area contributed by atoms with Gasteiger partial charge in [-0.05, 0) is 48.3 Å². The number of benzene rings is 1. The van der Waals surface area contributed by atoms with Crippen molar-refractivity contribution in [1.82, 2.24) is 4.98 Å². The molecule has 0 amide bonds. The van der Waals surface area contributed by atoms with Gasteiger partial charge < -0.3 is 0 Å². The number of nitriles is 1. The van der Waals surface area contributed by atoms with E-state index < -0.39 is 5.41 Å². The Morgan fingerprint density at radius 1 is 1.28 bits per heavy atom. The first-order chi connectivity index (χ1) is 8.71. The average molecular weight is 238 g/mol. The van der Waals surface area contributed by atoms with Crippen LogP contribution < -0.4 is 0 Å². The van der Waals surface area contributed by atoms with E-state index in [1.54, 1.807) is 12.4 Å². The van der Waals surface area contributed by atoms with Gasteiger partial charge in [0.05, 0.1) is 11.5 Å². The van der Waals surface area contributed by atoms with Crippen molar-refractivity contribution in [3.05, 3.63) is 42.0 Å². The maximum Gasteiger partial charge on any atom is 0.128 e. The monoisotopic (exact) mass is 238 g/mol. The molecule has 1 heterocycles. The summed E-state index contributed by atoms with van der Waals surface area (Å²) in [6.45, 7) is 0. The van der Waals surface area contributed by atoms with E-state index in [0.717, 1.165) is 30.0 Å². The average Bonchev–Trinajstić information content (AvgIpc) is 3.29. The minimum absolute atomic E-state index is 0.100. The number of aromatic nitrogens is 1. The normalized spacial score (nSPS) is 27.1. The lowest BCUT2D eigenvalue weighted by molar-refractivity contribution is 0.587. The van der Waals surface area contributed by atoms with E-state index in [1.807, 2.05) is 12.1 Å². The lowest BCUT2D eigenvalue weighted by atomic mass is 9.91. The van der Waals surface area contributed by atoms with Gasteiger partial charge in [-0.1, -0.05) is 0 Å². The molecule has 2 saturated carbocycles. The molecule has 0 radical (unpaired) electrons. The van der Waals surface area contributed by atoms with E-state index >= 15 is 0 Å². The molecule has 1 spiro atoms. The molecular formula is C15H11FN2. The summed E-state index contributed by atoms with van der Waals surface area (Å²) in [5, 5.41) is 11.2. The summed E-state index contributed by atoms with van der Waals surface area (Å²) in [5.74, 6) is -0.263. The van der Waals surface area contributed by atoms with Gasteiger partial charge in [-0.2, -0.15) is 5.26 Å². The van der Waals surface area contributed by atoms with E-state index in [9.17, 15) is 9.65 Å². The van der Waals surface area contributed by atoms with Crippen LogP contribution in [0.5, 0.6) is 0 Å². The largest absolute Gasteiger partial charge is 0.264 e. The van der Waals surface area contributed by atoms with Gasteiger partial charge in [0.1, 0.15) is 5.82 Å². The summed E-state index contributed by atoms with van der Waals surface area (Å²) in [6, 6.07) is 7.58. The topological polar surface area (TPSA) is 36.7 Å². The van der Waals surface area contributed by atoms with Crippen LogP contribution in [0, 0.1) is 22.6 Å². The van der Waals surface area contributed by atoms with E-state index in [4.69, 9.17) is 0 Å². The number of nitrogens with zero attached hydrogens (tertiary/aromatic N) is 2. The standard InChI is InChI=1S/C15H11FN2/c16-13-6-11-7-18-4-1-10(11)5-12(13)15(9-17)8-14(15)2-3-14/h1,4-7H,2-3,8H2/t15-/m0/s1. The SMILES string of the molecule is N#C[C@]1(c2cc3ccncc3cc2F)CC12CC2. The predicted molar refractivity (Wildman–Crippen MR) is 65.3 cm³/mol. The first-order valence-corrected chi connectivity index (χ1v) is 6.16. The van der Waals surface area contributed by atoms with E-state index in [-0.39, 0.29) is 11.2 Å². The molecule has 4 rings (SSSR count). The van der Waals surface area contributed by atoms with Crippen molar-refractivity contribution in [3.8, 4) is 6.07 Å². The van der Waals surface area contributed by atoms with Crippen molar-refractivity contribution < 1.29 is 4.39 Å². The number of fused-ring (bicyclic) bond motifs is 1. The van der Waals surface area contributed by atoms with Crippen LogP contribution in [0.1, 0.15) is 24.8 Å². The van der Waals surface area contributed by atoms with Crippen LogP contribution >= 0.6 is 0 Å². The van der Waals surface area contributed by atoms with Gasteiger partial charge in [0, 0.05) is 23.3 Å². The highest BCUT2D eigenvalue weighted by Gasteiger charge is 2.76. The molecule has 1 aromatic carbocycles. The highest BCUT2D eigenvalue weighted by Crippen LogP contribution is 2.78. The van der Waals surface area contributed by atoms with Crippen LogP contribution in [0.15, 0.2) is 30.6 Å². The van der Waals surface area contributed by atoms with Crippen molar-refractivity contribution in [2.24, 2.45) is 5.41 Å². The van der Waals surface area contributed by atoms with Crippen LogP contribution in [0.3, 0.4) is 0 Å². The Hall–Kier alpha value is -1.95. The van der Waals surface area contributed by atoms with Gasteiger partial charge in [0.25, 0.3) is 0 Å². The summed E-state index contributed by atoms with van der Waals surface area (Å²) in [7, 11) is 0. The molecule has 2 fully saturated rings. The third-order valence-electron chi connectivity index (χ3n) is 4.61. The van der Waals surface area contributed by atoms with Crippen molar-refractivity contribution in [2.75, 3.05) is 0 Å². The second-order valence-corrected chi connectivity index (χ2v) is 5.53.